The summed E-state index contributed by atoms with van der Waals surface area (Å²) in [6.45, 7) is 31.1. The lowest BCUT2D eigenvalue weighted by Gasteiger charge is -2.26. The van der Waals surface area contributed by atoms with Crippen LogP contribution < -0.4 is 0 Å². The number of benzene rings is 5. The zero-order valence-corrected chi connectivity index (χ0v) is 57.4. The fourth-order valence-electron chi connectivity index (χ4n) is 12.2. The zero-order chi connectivity index (χ0) is 63.7. The van der Waals surface area contributed by atoms with Gasteiger partial charge in [0.2, 0.25) is 50.1 Å². The molecule has 0 aliphatic rings. The van der Waals surface area contributed by atoms with E-state index in [1.54, 1.807) is 107 Å². The number of sulfonamides is 5. The smallest absolute Gasteiger partial charge is 0.207 e. The molecule has 0 heterocycles. The Morgan fingerprint density at radius 2 is 0.412 bits per heavy atom. The highest BCUT2D eigenvalue weighted by Gasteiger charge is 2.33. The fraction of sp³-hybridized carbons (Fsp3) is 0.477. The Morgan fingerprint density at radius 3 is 0.600 bits per heavy atom. The van der Waals surface area contributed by atoms with Crippen molar-refractivity contribution in [1.82, 2.24) is 21.5 Å². The first kappa shape index (κ1) is 70.9. The average Bonchev–Trinajstić information content (AvgIpc) is 2.55. The largest absolute Gasteiger partial charge is 0.243 e. The molecule has 5 aromatic rings. The predicted molar refractivity (Wildman–Crippen MR) is 345 cm³/mol. The van der Waals surface area contributed by atoms with E-state index in [0.29, 0.717) is 68.5 Å². The van der Waals surface area contributed by atoms with Crippen LogP contribution in [0.4, 0.5) is 0 Å². The van der Waals surface area contributed by atoms with Crippen molar-refractivity contribution in [2.45, 2.75) is 168 Å². The number of likely N-dealkylation sites (N-methyl/N-ethyl adjacent to an activating group) is 1. The quantitative estimate of drug-likeness (QED) is 0.0316. The summed E-state index contributed by atoms with van der Waals surface area (Å²) in [7, 11) is -20.2. The van der Waals surface area contributed by atoms with Gasteiger partial charge in [-0.1, -0.05) is 127 Å². The second-order valence-electron chi connectivity index (χ2n) is 23.0. The van der Waals surface area contributed by atoms with Gasteiger partial charge >= 0.3 is 0 Å². The van der Waals surface area contributed by atoms with Crippen LogP contribution in [0.5, 0.6) is 0 Å². The van der Waals surface area contributed by atoms with Gasteiger partial charge in [-0.25, -0.2) is 42.1 Å². The molecule has 15 nitrogen and oxygen atoms in total. The van der Waals surface area contributed by atoms with Crippen molar-refractivity contribution in [3.8, 4) is 0 Å². The molecular formula is C65H93N5O10S5. The van der Waals surface area contributed by atoms with Gasteiger partial charge in [0.05, 0.1) is 24.5 Å². The van der Waals surface area contributed by atoms with E-state index >= 15 is 0 Å². The normalized spacial score (nSPS) is 13.2. The summed E-state index contributed by atoms with van der Waals surface area (Å²) in [6, 6.07) is 18.3. The minimum absolute atomic E-state index is 0.00481. The highest BCUT2D eigenvalue weighted by atomic mass is 32.2. The monoisotopic (exact) mass is 1260 g/mol. The number of hydrogen-bond acceptors (Lipinski definition) is 10. The Morgan fingerprint density at radius 1 is 0.259 bits per heavy atom. The molecule has 0 amide bonds. The molecule has 5 aromatic carbocycles. The first-order valence-corrected chi connectivity index (χ1v) is 36.5. The van der Waals surface area contributed by atoms with Crippen molar-refractivity contribution in [2.24, 2.45) is 0 Å². The SMILES string of the molecule is CCN(C/C=C\CN(CCCCN(C/C=C\CN(CCCCN(CC)S(=O)(=O)c1c(C)cc(C)cc1C)S(=O)(=O)c1c(C)cc(C)cc1C)S(=O)(=O)c1c(C)cc(C)cc1C)S(=O)(=O)c1c(C)cc(C)cc1C)S(=O)(=O)c1c(C)cc(C)cc1C. The highest BCUT2D eigenvalue weighted by molar-refractivity contribution is 7.90. The zero-order valence-electron chi connectivity index (χ0n) is 53.3. The van der Waals surface area contributed by atoms with Gasteiger partial charge in [0.25, 0.3) is 0 Å². The fourth-order valence-corrected chi connectivity index (χ4v) is 21.4. The summed E-state index contributed by atoms with van der Waals surface area (Å²) in [4.78, 5) is 1.05. The van der Waals surface area contributed by atoms with E-state index < -0.39 is 50.1 Å². The predicted octanol–water partition coefficient (Wildman–Crippen LogP) is 11.8. The highest BCUT2D eigenvalue weighted by Crippen LogP contribution is 2.31. The summed E-state index contributed by atoms with van der Waals surface area (Å²) in [5.41, 5.74) is 10.7. The lowest BCUT2D eigenvalue weighted by Crippen LogP contribution is -2.36. The molecule has 0 radical (unpaired) electrons. The summed E-state index contributed by atoms with van der Waals surface area (Å²) in [6.07, 6.45) is 7.84. The molecule has 0 aromatic heterocycles. The van der Waals surface area contributed by atoms with Gasteiger partial charge < -0.3 is 0 Å². The number of rotatable bonds is 30. The molecule has 0 bridgehead atoms. The molecule has 5 rings (SSSR count). The Kier molecular flexibility index (Phi) is 24.5. The van der Waals surface area contributed by atoms with E-state index in [1.807, 2.05) is 95.3 Å². The van der Waals surface area contributed by atoms with Crippen molar-refractivity contribution >= 4 is 50.1 Å². The number of nitrogens with zero attached hydrogens (tertiary/aromatic N) is 5. The lowest BCUT2D eigenvalue weighted by molar-refractivity contribution is 0.386. The molecule has 20 heteroatoms. The van der Waals surface area contributed by atoms with Crippen LogP contribution >= 0.6 is 0 Å². The Balaban J connectivity index is 1.43. The van der Waals surface area contributed by atoms with Crippen LogP contribution in [0.25, 0.3) is 0 Å². The van der Waals surface area contributed by atoms with E-state index in [2.05, 4.69) is 0 Å². The maximum Gasteiger partial charge on any atom is 0.243 e. The minimum atomic E-state index is -4.19. The number of aryl methyl sites for hydroxylation is 15. The van der Waals surface area contributed by atoms with Crippen molar-refractivity contribution in [3.05, 3.63) is 168 Å². The van der Waals surface area contributed by atoms with Crippen LogP contribution in [0.3, 0.4) is 0 Å². The third-order valence-electron chi connectivity index (χ3n) is 15.4. The standard InChI is InChI=1S/C65H93N5O10S5/c1-18-66(81(71,72)61-51(8)36-46(3)37-52(61)9)28-20-22-30-68(83(75,76)63-55(12)40-48(5)41-56(63)13)32-24-26-34-70(85(79,80)65-59(16)44-50(7)45-60(65)17)35-27-25-33-69(84(77,78)64-57(14)42-49(6)43-58(64)15)31-23-21-29-67(19-2)82(73,74)62-53(10)38-47(4)39-54(62)11/h20,22,25,27,36-45H,18-19,21,23-24,26,28-35H2,1-17H3/b22-20-,27-25-. The summed E-state index contributed by atoms with van der Waals surface area (Å²) in [5.74, 6) is 0. The van der Waals surface area contributed by atoms with Gasteiger partial charge in [0.1, 0.15) is 0 Å². The first-order chi connectivity index (χ1) is 39.5. The molecule has 0 aliphatic heterocycles. The third kappa shape index (κ3) is 16.9. The van der Waals surface area contributed by atoms with E-state index in [4.69, 9.17) is 0 Å². The first-order valence-electron chi connectivity index (χ1n) is 29.2. The van der Waals surface area contributed by atoms with Crippen LogP contribution in [0.15, 0.2) is 109 Å². The molecular weight excluding hydrogens is 1170 g/mol. The molecule has 0 fully saturated rings. The average molecular weight is 1260 g/mol. The molecule has 468 valence electrons. The van der Waals surface area contributed by atoms with Crippen LogP contribution in [0.1, 0.15) is 123 Å². The van der Waals surface area contributed by atoms with E-state index in [1.165, 1.54) is 21.5 Å². The van der Waals surface area contributed by atoms with E-state index in [9.17, 15) is 42.1 Å². The van der Waals surface area contributed by atoms with Crippen molar-refractivity contribution in [1.29, 1.82) is 0 Å². The molecule has 0 N–H and O–H groups in total. The molecule has 0 saturated heterocycles. The molecule has 0 aliphatic carbocycles. The van der Waals surface area contributed by atoms with Gasteiger partial charge in [-0.05, 0) is 185 Å². The maximum atomic E-state index is 14.9. The van der Waals surface area contributed by atoms with Gasteiger partial charge in [0.15, 0.2) is 0 Å². The van der Waals surface area contributed by atoms with Gasteiger partial charge in [-0.2, -0.15) is 21.5 Å². The summed E-state index contributed by atoms with van der Waals surface area (Å²) >= 11 is 0. The minimum Gasteiger partial charge on any atom is -0.207 e. The third-order valence-corrected chi connectivity index (χ3v) is 26.5. The Hall–Kier alpha value is -4.87. The van der Waals surface area contributed by atoms with Gasteiger partial charge in [-0.15, -0.1) is 0 Å². The second-order valence-corrected chi connectivity index (χ2v) is 32.4. The summed E-state index contributed by atoms with van der Waals surface area (Å²) < 4.78 is 152. The van der Waals surface area contributed by atoms with Gasteiger partial charge in [0, 0.05) is 65.4 Å². The van der Waals surface area contributed by atoms with Crippen LogP contribution in [-0.4, -0.2) is 129 Å². The van der Waals surface area contributed by atoms with Crippen LogP contribution in [0, 0.1) is 104 Å². The number of hydrogen-bond donors (Lipinski definition) is 0. The molecule has 0 spiro atoms. The molecule has 85 heavy (non-hydrogen) atoms. The lowest BCUT2D eigenvalue weighted by atomic mass is 10.1. The Labute approximate surface area is 512 Å². The van der Waals surface area contributed by atoms with Crippen molar-refractivity contribution in [3.63, 3.8) is 0 Å². The van der Waals surface area contributed by atoms with Crippen LogP contribution in [-0.2, 0) is 50.1 Å². The second kappa shape index (κ2) is 29.4. The van der Waals surface area contributed by atoms with Crippen molar-refractivity contribution < 1.29 is 42.1 Å². The van der Waals surface area contributed by atoms with E-state index in [0.717, 1.165) is 27.8 Å². The molecule has 0 unspecified atom stereocenters. The topological polar surface area (TPSA) is 187 Å². The Bertz CT molecular complexity index is 3780. The summed E-state index contributed by atoms with van der Waals surface area (Å²) in [5, 5.41) is 0. The van der Waals surface area contributed by atoms with Crippen LogP contribution in [0.2, 0.25) is 0 Å². The number of unbranched alkanes of at least 4 members (excludes halogenated alkanes) is 2. The van der Waals surface area contributed by atoms with Crippen molar-refractivity contribution in [2.75, 3.05) is 65.4 Å². The van der Waals surface area contributed by atoms with E-state index in [-0.39, 0.29) is 103 Å². The van der Waals surface area contributed by atoms with Gasteiger partial charge in [-0.3, -0.25) is 0 Å². The molecule has 0 atom stereocenters. The maximum absolute atomic E-state index is 14.9. The molecule has 0 saturated carbocycles.